The van der Waals surface area contributed by atoms with Crippen LogP contribution in [0.15, 0.2) is 59.6 Å². The van der Waals surface area contributed by atoms with Crippen LogP contribution < -0.4 is 9.80 Å². The van der Waals surface area contributed by atoms with Crippen LogP contribution in [-0.4, -0.2) is 47.2 Å². The molecule has 0 unspecified atom stereocenters. The minimum absolute atomic E-state index is 0.0718. The molecule has 0 aliphatic carbocycles. The van der Waals surface area contributed by atoms with Crippen LogP contribution in [0.2, 0.25) is 0 Å². The molecule has 0 saturated carbocycles. The Balaban J connectivity index is 1.36. The quantitative estimate of drug-likeness (QED) is 0.355. The van der Waals surface area contributed by atoms with E-state index in [9.17, 15) is 13.2 Å². The number of aromatic nitrogens is 1. The van der Waals surface area contributed by atoms with Crippen molar-refractivity contribution < 1.29 is 13.2 Å². The van der Waals surface area contributed by atoms with Crippen LogP contribution in [0.1, 0.15) is 38.7 Å². The van der Waals surface area contributed by atoms with Crippen LogP contribution >= 0.6 is 11.8 Å². The molecule has 4 nitrogen and oxygen atoms in total. The fraction of sp³-hybridized carbons (Fsp3) is 0.444. The van der Waals surface area contributed by atoms with Crippen molar-refractivity contribution in [2.45, 2.75) is 55.6 Å². The molecule has 3 heterocycles. The molecule has 0 spiro atoms. The minimum Gasteiger partial charge on any atom is -0.370 e. The number of fused-ring (bicyclic) bond motifs is 1. The van der Waals surface area contributed by atoms with Crippen molar-refractivity contribution in [2.75, 3.05) is 36.1 Å². The monoisotopic (exact) mass is 500 g/mol. The lowest BCUT2D eigenvalue weighted by Gasteiger charge is -2.31. The second-order valence-electron chi connectivity index (χ2n) is 10.1. The van der Waals surface area contributed by atoms with Crippen molar-refractivity contribution >= 4 is 34.0 Å². The van der Waals surface area contributed by atoms with Crippen LogP contribution in [-0.2, 0) is 6.54 Å². The molecule has 3 aromatic rings. The smallest absolute Gasteiger partial charge is 0.370 e. The maximum absolute atomic E-state index is 12.7. The van der Waals surface area contributed by atoms with E-state index in [0.29, 0.717) is 6.67 Å². The summed E-state index contributed by atoms with van der Waals surface area (Å²) in [5, 5.41) is 1.19. The van der Waals surface area contributed by atoms with Gasteiger partial charge in [0.05, 0.1) is 17.9 Å². The van der Waals surface area contributed by atoms with Crippen molar-refractivity contribution in [1.82, 2.24) is 9.88 Å². The summed E-state index contributed by atoms with van der Waals surface area (Å²) in [5.74, 6) is 0. The number of thioether (sulfide) groups is 1. The largest absolute Gasteiger partial charge is 0.446 e. The Bertz CT molecular complexity index is 1170. The molecule has 0 atom stereocenters. The molecular formula is C27H31F3N4S. The molecular weight excluding hydrogens is 469 g/mol. The van der Waals surface area contributed by atoms with E-state index < -0.39 is 5.51 Å². The summed E-state index contributed by atoms with van der Waals surface area (Å²) in [4.78, 5) is 12.1. The van der Waals surface area contributed by atoms with Gasteiger partial charge in [-0.05, 0) is 86.8 Å². The first-order valence-corrected chi connectivity index (χ1v) is 13.0. The SMILES string of the molecule is CC1(C)CN(c2ccc(SC(F)(F)F)cc2)CN1Cc1ccnc2c(N3CCCCC3)cccc12. The van der Waals surface area contributed by atoms with Gasteiger partial charge in [-0.2, -0.15) is 13.2 Å². The number of alkyl halides is 3. The van der Waals surface area contributed by atoms with Crippen LogP contribution in [0.3, 0.4) is 0 Å². The first kappa shape index (κ1) is 24.3. The van der Waals surface area contributed by atoms with E-state index in [0.717, 1.165) is 37.4 Å². The van der Waals surface area contributed by atoms with Gasteiger partial charge in [0, 0.05) is 53.9 Å². The second kappa shape index (κ2) is 9.54. The average molecular weight is 501 g/mol. The Morgan fingerprint density at radius 2 is 1.69 bits per heavy atom. The highest BCUT2D eigenvalue weighted by atomic mass is 32.2. The van der Waals surface area contributed by atoms with Crippen molar-refractivity contribution in [3.05, 3.63) is 60.3 Å². The summed E-state index contributed by atoms with van der Waals surface area (Å²) in [7, 11) is 0. The van der Waals surface area contributed by atoms with E-state index in [2.05, 4.69) is 52.8 Å². The zero-order valence-corrected chi connectivity index (χ0v) is 21.0. The van der Waals surface area contributed by atoms with Crippen LogP contribution in [0.5, 0.6) is 0 Å². The molecule has 2 aliphatic rings. The average Bonchev–Trinajstić information content (AvgIpc) is 3.13. The zero-order valence-electron chi connectivity index (χ0n) is 20.2. The molecule has 35 heavy (non-hydrogen) atoms. The van der Waals surface area contributed by atoms with Crippen LogP contribution in [0, 0.1) is 0 Å². The predicted molar refractivity (Wildman–Crippen MR) is 138 cm³/mol. The number of anilines is 2. The van der Waals surface area contributed by atoms with Crippen molar-refractivity contribution in [3.8, 4) is 0 Å². The summed E-state index contributed by atoms with van der Waals surface area (Å²) < 4.78 is 38.0. The standard InChI is InChI=1S/C27H31F3N4S/c1-26(2)18-33(21-9-11-22(12-10-21)35-27(28,29)30)19-34(26)17-20-13-14-31-25-23(20)7-6-8-24(25)32-15-4-3-5-16-32/h6-14H,3-5,15-19H2,1-2H3. The number of hydrogen-bond donors (Lipinski definition) is 0. The van der Waals surface area contributed by atoms with Gasteiger partial charge in [0.15, 0.2) is 0 Å². The van der Waals surface area contributed by atoms with Gasteiger partial charge in [-0.25, -0.2) is 0 Å². The highest BCUT2D eigenvalue weighted by Gasteiger charge is 2.37. The first-order chi connectivity index (χ1) is 16.7. The first-order valence-electron chi connectivity index (χ1n) is 12.2. The fourth-order valence-corrected chi connectivity index (χ4v) is 5.80. The van der Waals surface area contributed by atoms with E-state index >= 15 is 0 Å². The molecule has 5 rings (SSSR count). The Hall–Kier alpha value is -2.45. The molecule has 2 aliphatic heterocycles. The van der Waals surface area contributed by atoms with Crippen LogP contribution in [0.4, 0.5) is 24.5 Å². The molecule has 0 N–H and O–H groups in total. The molecule has 1 aromatic heterocycles. The third-order valence-corrected chi connectivity index (χ3v) is 7.85. The molecule has 0 radical (unpaired) electrons. The summed E-state index contributed by atoms with van der Waals surface area (Å²) in [6.45, 7) is 8.93. The van der Waals surface area contributed by atoms with E-state index in [-0.39, 0.29) is 22.2 Å². The van der Waals surface area contributed by atoms with E-state index in [1.54, 1.807) is 24.3 Å². The Morgan fingerprint density at radius 1 is 0.943 bits per heavy atom. The van der Waals surface area contributed by atoms with Gasteiger partial charge in [-0.15, -0.1) is 0 Å². The van der Waals surface area contributed by atoms with E-state index in [1.165, 1.54) is 35.9 Å². The minimum atomic E-state index is -4.27. The molecule has 0 amide bonds. The van der Waals surface area contributed by atoms with Gasteiger partial charge in [0.1, 0.15) is 0 Å². The van der Waals surface area contributed by atoms with Crippen LogP contribution in [0.25, 0.3) is 10.9 Å². The number of para-hydroxylation sites is 1. The third-order valence-electron chi connectivity index (χ3n) is 7.11. The topological polar surface area (TPSA) is 22.6 Å². The van der Waals surface area contributed by atoms with Gasteiger partial charge in [-0.3, -0.25) is 9.88 Å². The number of benzene rings is 2. The Labute approximate surface area is 209 Å². The number of nitrogens with zero attached hydrogens (tertiary/aromatic N) is 4. The maximum Gasteiger partial charge on any atom is 0.446 e. The fourth-order valence-electron chi connectivity index (χ4n) is 5.26. The molecule has 2 fully saturated rings. The lowest BCUT2D eigenvalue weighted by atomic mass is 10.0. The number of piperidine rings is 1. The Morgan fingerprint density at radius 3 is 2.40 bits per heavy atom. The lowest BCUT2D eigenvalue weighted by Crippen LogP contribution is -2.39. The number of rotatable bonds is 5. The third kappa shape index (κ3) is 5.38. The number of hydrogen-bond acceptors (Lipinski definition) is 5. The summed E-state index contributed by atoms with van der Waals surface area (Å²) in [6.07, 6.45) is 5.67. The number of pyridine rings is 1. The van der Waals surface area contributed by atoms with Crippen molar-refractivity contribution in [1.29, 1.82) is 0 Å². The molecule has 2 aromatic carbocycles. The number of halogens is 3. The zero-order chi connectivity index (χ0) is 24.6. The Kier molecular flexibility index (Phi) is 6.61. The van der Waals surface area contributed by atoms with E-state index in [1.807, 2.05) is 6.20 Å². The predicted octanol–water partition coefficient (Wildman–Crippen LogP) is 6.90. The van der Waals surface area contributed by atoms with Gasteiger partial charge in [0.2, 0.25) is 0 Å². The molecule has 8 heteroatoms. The summed E-state index contributed by atoms with van der Waals surface area (Å²) in [6, 6.07) is 15.3. The van der Waals surface area contributed by atoms with Crippen molar-refractivity contribution in [2.24, 2.45) is 0 Å². The molecule has 186 valence electrons. The molecule has 0 bridgehead atoms. The normalized spacial score (nSPS) is 19.0. The lowest BCUT2D eigenvalue weighted by molar-refractivity contribution is -0.0328. The summed E-state index contributed by atoms with van der Waals surface area (Å²) in [5.41, 5.74) is 0.135. The van der Waals surface area contributed by atoms with Gasteiger partial charge < -0.3 is 9.80 Å². The van der Waals surface area contributed by atoms with Gasteiger partial charge >= 0.3 is 5.51 Å². The van der Waals surface area contributed by atoms with Gasteiger partial charge in [-0.1, -0.05) is 12.1 Å². The van der Waals surface area contributed by atoms with Crippen molar-refractivity contribution in [3.63, 3.8) is 0 Å². The second-order valence-corrected chi connectivity index (χ2v) is 11.2. The van der Waals surface area contributed by atoms with E-state index in [4.69, 9.17) is 4.98 Å². The highest BCUT2D eigenvalue weighted by Crippen LogP contribution is 2.38. The summed E-state index contributed by atoms with van der Waals surface area (Å²) >= 11 is -0.0718. The van der Waals surface area contributed by atoms with Gasteiger partial charge in [0.25, 0.3) is 0 Å². The molecule has 2 saturated heterocycles. The highest BCUT2D eigenvalue weighted by molar-refractivity contribution is 8.00. The maximum atomic E-state index is 12.7.